The van der Waals surface area contributed by atoms with Gasteiger partial charge in [0.25, 0.3) is 11.6 Å². The summed E-state index contributed by atoms with van der Waals surface area (Å²) in [5, 5.41) is 13.4. The molecule has 6 heteroatoms. The number of amides is 1. The van der Waals surface area contributed by atoms with Gasteiger partial charge in [-0.15, -0.1) is 0 Å². The van der Waals surface area contributed by atoms with Gasteiger partial charge in [0.1, 0.15) is 11.4 Å². The Balaban J connectivity index is 2.06. The fourth-order valence-corrected chi connectivity index (χ4v) is 1.73. The molecule has 0 radical (unpaired) electrons. The SMILES string of the molecule is C[C@@H](Oc1ccccc1)C(=O)Nc1ccccc1[N+](=O)[O-]. The number of nitro benzene ring substituents is 1. The molecule has 2 aromatic carbocycles. The van der Waals surface area contributed by atoms with Gasteiger partial charge in [-0.3, -0.25) is 14.9 Å². The van der Waals surface area contributed by atoms with E-state index in [1.54, 1.807) is 37.3 Å². The van der Waals surface area contributed by atoms with Gasteiger partial charge < -0.3 is 10.1 Å². The summed E-state index contributed by atoms with van der Waals surface area (Å²) in [6.45, 7) is 1.58. The second-order valence-electron chi connectivity index (χ2n) is 4.34. The number of rotatable bonds is 5. The lowest BCUT2D eigenvalue weighted by Crippen LogP contribution is -2.30. The fraction of sp³-hybridized carbons (Fsp3) is 0.133. The van der Waals surface area contributed by atoms with E-state index in [1.807, 2.05) is 6.07 Å². The maximum absolute atomic E-state index is 12.0. The molecule has 2 rings (SSSR count). The van der Waals surface area contributed by atoms with Crippen molar-refractivity contribution in [1.29, 1.82) is 0 Å². The molecule has 0 saturated carbocycles. The smallest absolute Gasteiger partial charge is 0.292 e. The average molecular weight is 286 g/mol. The number of hydrogen-bond acceptors (Lipinski definition) is 4. The lowest BCUT2D eigenvalue weighted by molar-refractivity contribution is -0.383. The zero-order valence-electron chi connectivity index (χ0n) is 11.4. The third-order valence-electron chi connectivity index (χ3n) is 2.78. The molecular formula is C15H14N2O4. The van der Waals surface area contributed by atoms with Crippen LogP contribution in [0.4, 0.5) is 11.4 Å². The Labute approximate surface area is 121 Å². The van der Waals surface area contributed by atoms with Crippen LogP contribution in [0.25, 0.3) is 0 Å². The summed E-state index contributed by atoms with van der Waals surface area (Å²) >= 11 is 0. The molecule has 1 atom stereocenters. The molecule has 0 bridgehead atoms. The minimum atomic E-state index is -0.771. The molecule has 2 aromatic rings. The molecule has 0 saturated heterocycles. The van der Waals surface area contributed by atoms with Gasteiger partial charge in [0.15, 0.2) is 6.10 Å². The monoisotopic (exact) mass is 286 g/mol. The van der Waals surface area contributed by atoms with Crippen LogP contribution in [0, 0.1) is 10.1 Å². The van der Waals surface area contributed by atoms with Gasteiger partial charge in [-0.05, 0) is 25.1 Å². The molecular weight excluding hydrogens is 272 g/mol. The van der Waals surface area contributed by atoms with Crippen LogP contribution in [-0.4, -0.2) is 16.9 Å². The zero-order chi connectivity index (χ0) is 15.2. The Kier molecular flexibility index (Phi) is 4.50. The fourth-order valence-electron chi connectivity index (χ4n) is 1.73. The number of carbonyl (C=O) groups excluding carboxylic acids is 1. The van der Waals surface area contributed by atoms with E-state index in [9.17, 15) is 14.9 Å². The van der Waals surface area contributed by atoms with Crippen LogP contribution in [0.15, 0.2) is 54.6 Å². The number of hydrogen-bond donors (Lipinski definition) is 1. The topological polar surface area (TPSA) is 81.5 Å². The number of carbonyl (C=O) groups is 1. The van der Waals surface area contributed by atoms with Gasteiger partial charge in [-0.2, -0.15) is 0 Å². The molecule has 6 nitrogen and oxygen atoms in total. The number of nitrogens with one attached hydrogen (secondary N) is 1. The number of nitro groups is 1. The van der Waals surface area contributed by atoms with Crippen LogP contribution in [0.1, 0.15) is 6.92 Å². The largest absolute Gasteiger partial charge is 0.481 e. The first-order valence-corrected chi connectivity index (χ1v) is 6.34. The van der Waals surface area contributed by atoms with Crippen molar-refractivity contribution in [3.05, 3.63) is 64.7 Å². The summed E-state index contributed by atoms with van der Waals surface area (Å²) in [6, 6.07) is 14.9. The van der Waals surface area contributed by atoms with E-state index in [2.05, 4.69) is 5.32 Å². The third kappa shape index (κ3) is 3.79. The van der Waals surface area contributed by atoms with Crippen LogP contribution in [0.2, 0.25) is 0 Å². The van der Waals surface area contributed by atoms with Crippen molar-refractivity contribution in [1.82, 2.24) is 0 Å². The Morgan fingerprint density at radius 3 is 2.43 bits per heavy atom. The molecule has 0 aliphatic heterocycles. The highest BCUT2D eigenvalue weighted by Crippen LogP contribution is 2.23. The second-order valence-corrected chi connectivity index (χ2v) is 4.34. The van der Waals surface area contributed by atoms with Crippen molar-refractivity contribution >= 4 is 17.3 Å². The highest BCUT2D eigenvalue weighted by molar-refractivity contribution is 5.96. The Bertz CT molecular complexity index is 643. The first-order valence-electron chi connectivity index (χ1n) is 6.34. The van der Waals surface area contributed by atoms with Crippen molar-refractivity contribution < 1.29 is 14.5 Å². The van der Waals surface area contributed by atoms with Gasteiger partial charge in [-0.25, -0.2) is 0 Å². The van der Waals surface area contributed by atoms with E-state index < -0.39 is 16.9 Å². The first kappa shape index (κ1) is 14.5. The van der Waals surface area contributed by atoms with Crippen LogP contribution >= 0.6 is 0 Å². The lowest BCUT2D eigenvalue weighted by Gasteiger charge is -2.14. The Hall–Kier alpha value is -2.89. The van der Waals surface area contributed by atoms with E-state index in [1.165, 1.54) is 18.2 Å². The van der Waals surface area contributed by atoms with Crippen LogP contribution in [0.3, 0.4) is 0 Å². The number of nitrogens with zero attached hydrogens (tertiary/aromatic N) is 1. The quantitative estimate of drug-likeness (QED) is 0.676. The molecule has 0 heterocycles. The number of ether oxygens (including phenoxy) is 1. The predicted molar refractivity (Wildman–Crippen MR) is 78.3 cm³/mol. The molecule has 0 spiro atoms. The van der Waals surface area contributed by atoms with E-state index >= 15 is 0 Å². The van der Waals surface area contributed by atoms with Gasteiger partial charge >= 0.3 is 0 Å². The summed E-state index contributed by atoms with van der Waals surface area (Å²) in [4.78, 5) is 22.4. The predicted octanol–water partition coefficient (Wildman–Crippen LogP) is 3.00. The van der Waals surface area contributed by atoms with E-state index in [0.29, 0.717) is 5.75 Å². The highest BCUT2D eigenvalue weighted by Gasteiger charge is 2.19. The molecule has 0 aliphatic rings. The van der Waals surface area contributed by atoms with Crippen molar-refractivity contribution in [2.75, 3.05) is 5.32 Å². The van der Waals surface area contributed by atoms with Crippen molar-refractivity contribution in [3.63, 3.8) is 0 Å². The molecule has 108 valence electrons. The average Bonchev–Trinajstić information content (AvgIpc) is 2.48. The maximum atomic E-state index is 12.0. The number of anilines is 1. The zero-order valence-corrected chi connectivity index (χ0v) is 11.4. The van der Waals surface area contributed by atoms with E-state index in [-0.39, 0.29) is 11.4 Å². The number of para-hydroxylation sites is 3. The van der Waals surface area contributed by atoms with Gasteiger partial charge in [0, 0.05) is 6.07 Å². The molecule has 1 N–H and O–H groups in total. The summed E-state index contributed by atoms with van der Waals surface area (Å²) in [7, 11) is 0. The summed E-state index contributed by atoms with van der Waals surface area (Å²) < 4.78 is 5.47. The van der Waals surface area contributed by atoms with Crippen LogP contribution in [0.5, 0.6) is 5.75 Å². The summed E-state index contributed by atoms with van der Waals surface area (Å²) in [6.07, 6.45) is -0.771. The van der Waals surface area contributed by atoms with E-state index in [0.717, 1.165) is 0 Å². The molecule has 0 unspecified atom stereocenters. The van der Waals surface area contributed by atoms with Gasteiger partial charge in [0.05, 0.1) is 4.92 Å². The Morgan fingerprint density at radius 1 is 1.14 bits per heavy atom. The minimum Gasteiger partial charge on any atom is -0.481 e. The molecule has 21 heavy (non-hydrogen) atoms. The minimum absolute atomic E-state index is 0.149. The van der Waals surface area contributed by atoms with Crippen LogP contribution in [-0.2, 0) is 4.79 Å². The molecule has 0 fully saturated rings. The summed E-state index contributed by atoms with van der Waals surface area (Å²) in [5.74, 6) is 0.107. The first-order chi connectivity index (χ1) is 10.1. The lowest BCUT2D eigenvalue weighted by atomic mass is 10.2. The normalized spacial score (nSPS) is 11.5. The molecule has 0 aliphatic carbocycles. The molecule has 1 amide bonds. The number of benzene rings is 2. The summed E-state index contributed by atoms with van der Waals surface area (Å²) in [5.41, 5.74) is -0.00577. The van der Waals surface area contributed by atoms with Crippen molar-refractivity contribution in [2.45, 2.75) is 13.0 Å². The standard InChI is InChI=1S/C15H14N2O4/c1-11(21-12-7-3-2-4-8-12)15(18)16-13-9-5-6-10-14(13)17(19)20/h2-11H,1H3,(H,16,18)/t11-/m1/s1. The van der Waals surface area contributed by atoms with Gasteiger partial charge in [0.2, 0.25) is 0 Å². The maximum Gasteiger partial charge on any atom is 0.292 e. The molecule has 0 aromatic heterocycles. The van der Waals surface area contributed by atoms with Crippen molar-refractivity contribution in [2.24, 2.45) is 0 Å². The van der Waals surface area contributed by atoms with Crippen molar-refractivity contribution in [3.8, 4) is 5.75 Å². The van der Waals surface area contributed by atoms with Gasteiger partial charge in [-0.1, -0.05) is 30.3 Å². The third-order valence-corrected chi connectivity index (χ3v) is 2.78. The Morgan fingerprint density at radius 2 is 1.76 bits per heavy atom. The highest BCUT2D eigenvalue weighted by atomic mass is 16.6. The van der Waals surface area contributed by atoms with E-state index in [4.69, 9.17) is 4.74 Å². The second kappa shape index (κ2) is 6.51. The van der Waals surface area contributed by atoms with Crippen LogP contribution < -0.4 is 10.1 Å².